The Morgan fingerprint density at radius 1 is 1.35 bits per heavy atom. The molecule has 0 aliphatic carbocycles. The number of anilines is 1. The van der Waals surface area contributed by atoms with Gasteiger partial charge >= 0.3 is 0 Å². The lowest BCUT2D eigenvalue weighted by Gasteiger charge is -2.03. The van der Waals surface area contributed by atoms with E-state index in [1.54, 1.807) is 11.8 Å². The SMILES string of the molecule is CSc1ccc(Cc2cc(=O)[nH]c(N)n2)cc1. The van der Waals surface area contributed by atoms with Gasteiger partial charge < -0.3 is 5.73 Å². The first-order chi connectivity index (χ1) is 8.17. The number of nitrogens with two attached hydrogens (primary N) is 1. The Morgan fingerprint density at radius 2 is 2.06 bits per heavy atom. The Bertz CT molecular complexity index is 563. The first-order valence-corrected chi connectivity index (χ1v) is 6.38. The molecule has 17 heavy (non-hydrogen) atoms. The second kappa shape index (κ2) is 5.05. The highest BCUT2D eigenvalue weighted by Crippen LogP contribution is 2.16. The first-order valence-electron chi connectivity index (χ1n) is 5.16. The quantitative estimate of drug-likeness (QED) is 0.809. The van der Waals surface area contributed by atoms with Crippen LogP contribution in [0.4, 0.5) is 5.95 Å². The maximum atomic E-state index is 11.2. The van der Waals surface area contributed by atoms with Crippen LogP contribution in [-0.4, -0.2) is 16.2 Å². The van der Waals surface area contributed by atoms with E-state index in [1.165, 1.54) is 11.0 Å². The maximum absolute atomic E-state index is 11.2. The molecule has 0 aliphatic heterocycles. The Kier molecular flexibility index (Phi) is 3.49. The van der Waals surface area contributed by atoms with Crippen molar-refractivity contribution in [2.75, 3.05) is 12.0 Å². The topological polar surface area (TPSA) is 71.8 Å². The smallest absolute Gasteiger partial charge is 0.252 e. The summed E-state index contributed by atoms with van der Waals surface area (Å²) in [6.45, 7) is 0. The number of thioether (sulfide) groups is 1. The van der Waals surface area contributed by atoms with Gasteiger partial charge in [0, 0.05) is 17.4 Å². The Morgan fingerprint density at radius 3 is 2.65 bits per heavy atom. The van der Waals surface area contributed by atoms with Crippen molar-refractivity contribution in [3.05, 3.63) is 51.9 Å². The molecule has 2 rings (SSSR count). The molecule has 1 aromatic heterocycles. The lowest BCUT2D eigenvalue weighted by molar-refractivity contribution is 1.02. The number of nitrogens with one attached hydrogen (secondary N) is 1. The van der Waals surface area contributed by atoms with Crippen LogP contribution >= 0.6 is 11.8 Å². The van der Waals surface area contributed by atoms with Crippen LogP contribution in [0.5, 0.6) is 0 Å². The molecular formula is C12H13N3OS. The summed E-state index contributed by atoms with van der Waals surface area (Å²) in [5, 5.41) is 0. The second-order valence-corrected chi connectivity index (χ2v) is 4.53. The van der Waals surface area contributed by atoms with E-state index >= 15 is 0 Å². The molecule has 1 heterocycles. The van der Waals surface area contributed by atoms with Gasteiger partial charge in [-0.1, -0.05) is 12.1 Å². The van der Waals surface area contributed by atoms with Crippen molar-refractivity contribution in [2.45, 2.75) is 11.3 Å². The van der Waals surface area contributed by atoms with Crippen molar-refractivity contribution in [3.8, 4) is 0 Å². The summed E-state index contributed by atoms with van der Waals surface area (Å²) < 4.78 is 0. The van der Waals surface area contributed by atoms with Crippen LogP contribution in [0.15, 0.2) is 40.0 Å². The molecule has 0 amide bonds. The summed E-state index contributed by atoms with van der Waals surface area (Å²) >= 11 is 1.70. The van der Waals surface area contributed by atoms with Gasteiger partial charge in [0.25, 0.3) is 5.56 Å². The Hall–Kier alpha value is -1.75. The summed E-state index contributed by atoms with van der Waals surface area (Å²) in [5.41, 5.74) is 7.07. The van der Waals surface area contributed by atoms with Crippen LogP contribution in [0.3, 0.4) is 0 Å². The van der Waals surface area contributed by atoms with Crippen molar-refractivity contribution in [3.63, 3.8) is 0 Å². The zero-order valence-corrected chi connectivity index (χ0v) is 10.3. The minimum atomic E-state index is -0.215. The number of hydrogen-bond acceptors (Lipinski definition) is 4. The lowest BCUT2D eigenvalue weighted by Crippen LogP contribution is -2.12. The second-order valence-electron chi connectivity index (χ2n) is 3.65. The monoisotopic (exact) mass is 247 g/mol. The van der Waals surface area contributed by atoms with Crippen molar-refractivity contribution < 1.29 is 0 Å². The zero-order valence-electron chi connectivity index (χ0n) is 9.43. The number of nitrogens with zero attached hydrogens (tertiary/aromatic N) is 1. The number of rotatable bonds is 3. The van der Waals surface area contributed by atoms with E-state index in [4.69, 9.17) is 5.73 Å². The minimum Gasteiger partial charge on any atom is -0.369 e. The van der Waals surface area contributed by atoms with Crippen LogP contribution in [-0.2, 0) is 6.42 Å². The van der Waals surface area contributed by atoms with Crippen molar-refractivity contribution in [2.24, 2.45) is 0 Å². The van der Waals surface area contributed by atoms with Crippen LogP contribution in [0.1, 0.15) is 11.3 Å². The number of aromatic nitrogens is 2. The highest BCUT2D eigenvalue weighted by Gasteiger charge is 2.01. The third kappa shape index (κ3) is 3.10. The van der Waals surface area contributed by atoms with Gasteiger partial charge in [0.1, 0.15) is 0 Å². The summed E-state index contributed by atoms with van der Waals surface area (Å²) in [7, 11) is 0. The standard InChI is InChI=1S/C12H13N3OS/c1-17-10-4-2-8(3-5-10)6-9-7-11(16)15-12(13)14-9/h2-5,7H,6H2,1H3,(H3,13,14,15,16). The molecule has 5 heteroatoms. The van der Waals surface area contributed by atoms with Gasteiger partial charge in [-0.15, -0.1) is 11.8 Å². The molecule has 1 aromatic carbocycles. The zero-order chi connectivity index (χ0) is 12.3. The maximum Gasteiger partial charge on any atom is 0.252 e. The summed E-state index contributed by atoms with van der Waals surface area (Å²) in [4.78, 5) is 18.9. The van der Waals surface area contributed by atoms with E-state index in [2.05, 4.69) is 22.1 Å². The van der Waals surface area contributed by atoms with Crippen LogP contribution < -0.4 is 11.3 Å². The number of H-pyrrole nitrogens is 1. The summed E-state index contributed by atoms with van der Waals surface area (Å²) in [6.07, 6.45) is 2.65. The molecule has 88 valence electrons. The molecule has 0 unspecified atom stereocenters. The molecule has 0 spiro atoms. The molecule has 0 bridgehead atoms. The van der Waals surface area contributed by atoms with Crippen LogP contribution in [0.2, 0.25) is 0 Å². The highest BCUT2D eigenvalue weighted by molar-refractivity contribution is 7.98. The van der Waals surface area contributed by atoms with Gasteiger partial charge in [-0.05, 0) is 24.0 Å². The van der Waals surface area contributed by atoms with E-state index in [0.717, 1.165) is 5.56 Å². The third-order valence-electron chi connectivity index (χ3n) is 2.36. The van der Waals surface area contributed by atoms with E-state index < -0.39 is 0 Å². The summed E-state index contributed by atoms with van der Waals surface area (Å²) in [5.74, 6) is 0.160. The molecule has 0 saturated heterocycles. The Balaban J connectivity index is 2.22. The van der Waals surface area contributed by atoms with Crippen molar-refractivity contribution in [1.82, 2.24) is 9.97 Å². The summed E-state index contributed by atoms with van der Waals surface area (Å²) in [6, 6.07) is 9.64. The number of aromatic amines is 1. The molecular weight excluding hydrogens is 234 g/mol. The molecule has 3 N–H and O–H groups in total. The fourth-order valence-electron chi connectivity index (χ4n) is 1.57. The van der Waals surface area contributed by atoms with Gasteiger partial charge in [-0.2, -0.15) is 0 Å². The average Bonchev–Trinajstić information content (AvgIpc) is 2.28. The highest BCUT2D eigenvalue weighted by atomic mass is 32.2. The predicted octanol–water partition coefficient (Wildman–Crippen LogP) is 1.66. The molecule has 2 aromatic rings. The average molecular weight is 247 g/mol. The number of benzene rings is 1. The molecule has 0 atom stereocenters. The number of hydrogen-bond donors (Lipinski definition) is 2. The molecule has 4 nitrogen and oxygen atoms in total. The van der Waals surface area contributed by atoms with E-state index in [9.17, 15) is 4.79 Å². The normalized spacial score (nSPS) is 10.4. The van der Waals surface area contributed by atoms with Gasteiger partial charge in [0.2, 0.25) is 5.95 Å². The third-order valence-corrected chi connectivity index (χ3v) is 3.10. The van der Waals surface area contributed by atoms with Gasteiger partial charge in [-0.3, -0.25) is 9.78 Å². The Labute approximate surface area is 103 Å². The largest absolute Gasteiger partial charge is 0.369 e. The fraction of sp³-hybridized carbons (Fsp3) is 0.167. The van der Waals surface area contributed by atoms with E-state index in [-0.39, 0.29) is 11.5 Å². The van der Waals surface area contributed by atoms with Crippen LogP contribution in [0.25, 0.3) is 0 Å². The number of nitrogen functional groups attached to an aromatic ring is 1. The van der Waals surface area contributed by atoms with E-state index in [1.807, 2.05) is 18.4 Å². The van der Waals surface area contributed by atoms with Crippen LogP contribution in [0, 0.1) is 0 Å². The first kappa shape index (κ1) is 11.7. The van der Waals surface area contributed by atoms with E-state index in [0.29, 0.717) is 12.1 Å². The minimum absolute atomic E-state index is 0.160. The van der Waals surface area contributed by atoms with Crippen molar-refractivity contribution in [1.29, 1.82) is 0 Å². The molecule has 0 saturated carbocycles. The molecule has 0 aliphatic rings. The lowest BCUT2D eigenvalue weighted by atomic mass is 10.1. The predicted molar refractivity (Wildman–Crippen MR) is 70.3 cm³/mol. The molecule has 0 radical (unpaired) electrons. The molecule has 0 fully saturated rings. The van der Waals surface area contributed by atoms with Gasteiger partial charge in [0.15, 0.2) is 0 Å². The van der Waals surface area contributed by atoms with Gasteiger partial charge in [0.05, 0.1) is 5.69 Å². The fourth-order valence-corrected chi connectivity index (χ4v) is 1.98. The van der Waals surface area contributed by atoms with Crippen molar-refractivity contribution >= 4 is 17.7 Å². The van der Waals surface area contributed by atoms with Gasteiger partial charge in [-0.25, -0.2) is 4.98 Å².